The van der Waals surface area contributed by atoms with Crippen LogP contribution in [0.3, 0.4) is 0 Å². The van der Waals surface area contributed by atoms with Crippen LogP contribution in [-0.2, 0) is 0 Å². The van der Waals surface area contributed by atoms with Crippen LogP contribution in [0.4, 0.5) is 11.4 Å². The Morgan fingerprint density at radius 1 is 1.13 bits per heavy atom. The van der Waals surface area contributed by atoms with Gasteiger partial charge >= 0.3 is 0 Å². The van der Waals surface area contributed by atoms with Crippen LogP contribution in [0.1, 0.15) is 5.69 Å². The second-order valence-corrected chi connectivity index (χ2v) is 8.76. The first kappa shape index (κ1) is 23.0. The number of fused-ring (bicyclic) bond motifs is 1. The molecule has 1 aromatic heterocycles. The highest BCUT2D eigenvalue weighted by molar-refractivity contribution is 8.02. The summed E-state index contributed by atoms with van der Waals surface area (Å²) in [5.41, 5.74) is 13.5. The average Bonchev–Trinajstić information content (AvgIpc) is 3.01. The van der Waals surface area contributed by atoms with Gasteiger partial charge in [0.2, 0.25) is 0 Å². The Hall–Kier alpha value is -2.72. The Labute approximate surface area is 193 Å². The average molecular weight is 471 g/mol. The number of hydrogen-bond donors (Lipinski definition) is 5. The van der Waals surface area contributed by atoms with Crippen molar-refractivity contribution < 1.29 is 4.55 Å². The van der Waals surface area contributed by atoms with Gasteiger partial charge in [0.05, 0.1) is 11.4 Å². The molecule has 0 bridgehead atoms. The summed E-state index contributed by atoms with van der Waals surface area (Å²) in [4.78, 5) is 14.5. The minimum absolute atomic E-state index is 0.216. The number of H-pyrrole nitrogens is 1. The highest BCUT2D eigenvalue weighted by Gasteiger charge is 2.08. The number of thioether (sulfide) groups is 1. The SMILES string of the molecule is C=CSc1ccc(-n2[nH]c(C)c(N)c2=O)cc1.Nc1ccc2c(SO)cc(S)cc2c1. The van der Waals surface area contributed by atoms with Gasteiger partial charge in [-0.3, -0.25) is 9.89 Å². The van der Waals surface area contributed by atoms with Crippen LogP contribution in [0.5, 0.6) is 0 Å². The summed E-state index contributed by atoms with van der Waals surface area (Å²) in [6.45, 7) is 5.42. The molecule has 160 valence electrons. The molecular weight excluding hydrogens is 448 g/mol. The van der Waals surface area contributed by atoms with Crippen LogP contribution >= 0.6 is 36.4 Å². The molecular formula is C22H22N4O2S3. The lowest BCUT2D eigenvalue weighted by Crippen LogP contribution is -2.16. The second kappa shape index (κ2) is 10.1. The van der Waals surface area contributed by atoms with Gasteiger partial charge in [-0.1, -0.05) is 24.4 Å². The molecule has 0 atom stereocenters. The van der Waals surface area contributed by atoms with E-state index in [1.807, 2.05) is 54.6 Å². The molecule has 0 aliphatic heterocycles. The van der Waals surface area contributed by atoms with Crippen LogP contribution < -0.4 is 17.0 Å². The van der Waals surface area contributed by atoms with Gasteiger partial charge in [0.1, 0.15) is 5.69 Å². The third-order valence-electron chi connectivity index (χ3n) is 4.45. The fourth-order valence-electron chi connectivity index (χ4n) is 2.92. The zero-order valence-corrected chi connectivity index (χ0v) is 19.2. The quantitative estimate of drug-likeness (QED) is 0.115. The van der Waals surface area contributed by atoms with E-state index in [1.54, 1.807) is 12.3 Å². The molecule has 1 heterocycles. The molecule has 9 heteroatoms. The summed E-state index contributed by atoms with van der Waals surface area (Å²) in [6, 6.07) is 16.9. The first-order chi connectivity index (χ1) is 14.8. The number of anilines is 2. The lowest BCUT2D eigenvalue weighted by molar-refractivity contribution is 0.664. The topological polar surface area (TPSA) is 110 Å². The molecule has 0 amide bonds. The Morgan fingerprint density at radius 2 is 1.84 bits per heavy atom. The van der Waals surface area contributed by atoms with Crippen LogP contribution in [0.25, 0.3) is 16.5 Å². The zero-order chi connectivity index (χ0) is 22.5. The molecule has 0 unspecified atom stereocenters. The van der Waals surface area contributed by atoms with E-state index in [0.29, 0.717) is 11.4 Å². The van der Waals surface area contributed by atoms with E-state index in [1.165, 1.54) is 16.4 Å². The van der Waals surface area contributed by atoms with Crippen molar-refractivity contribution in [2.75, 3.05) is 11.5 Å². The van der Waals surface area contributed by atoms with E-state index < -0.39 is 0 Å². The molecule has 6 N–H and O–H groups in total. The highest BCUT2D eigenvalue weighted by atomic mass is 32.2. The van der Waals surface area contributed by atoms with E-state index in [0.717, 1.165) is 43.2 Å². The molecule has 0 spiro atoms. The van der Waals surface area contributed by atoms with Crippen LogP contribution in [0, 0.1) is 6.92 Å². The minimum Gasteiger partial charge on any atom is -0.399 e. The van der Waals surface area contributed by atoms with Crippen LogP contribution in [0.15, 0.2) is 86.1 Å². The maximum absolute atomic E-state index is 11.8. The van der Waals surface area contributed by atoms with Crippen LogP contribution in [-0.4, -0.2) is 14.3 Å². The zero-order valence-electron chi connectivity index (χ0n) is 16.7. The smallest absolute Gasteiger partial charge is 0.294 e. The molecule has 4 aromatic rings. The number of aromatic nitrogens is 2. The third kappa shape index (κ3) is 5.31. The molecule has 0 aliphatic carbocycles. The predicted octanol–water partition coefficient (Wildman–Crippen LogP) is 5.57. The molecule has 0 fully saturated rings. The van der Waals surface area contributed by atoms with Crippen molar-refractivity contribution >= 4 is 58.6 Å². The largest absolute Gasteiger partial charge is 0.399 e. The number of rotatable bonds is 4. The van der Waals surface area contributed by atoms with Crippen molar-refractivity contribution in [3.8, 4) is 5.69 Å². The van der Waals surface area contributed by atoms with Crippen molar-refractivity contribution in [3.63, 3.8) is 0 Å². The third-order valence-corrected chi connectivity index (χ3v) is 5.96. The number of hydrogen-bond acceptors (Lipinski definition) is 7. The number of benzene rings is 3. The van der Waals surface area contributed by atoms with Gasteiger partial charge in [0.25, 0.3) is 5.56 Å². The summed E-state index contributed by atoms with van der Waals surface area (Å²) in [5, 5.41) is 6.68. The monoisotopic (exact) mass is 470 g/mol. The van der Waals surface area contributed by atoms with Crippen molar-refractivity contribution in [1.29, 1.82) is 0 Å². The summed E-state index contributed by atoms with van der Waals surface area (Å²) < 4.78 is 10.5. The Balaban J connectivity index is 0.000000179. The molecule has 3 aromatic carbocycles. The van der Waals surface area contributed by atoms with Crippen molar-refractivity contribution in [1.82, 2.24) is 9.78 Å². The van der Waals surface area contributed by atoms with Crippen molar-refractivity contribution in [3.05, 3.63) is 82.6 Å². The number of nitrogens with two attached hydrogens (primary N) is 2. The highest BCUT2D eigenvalue weighted by Crippen LogP contribution is 2.30. The Kier molecular flexibility index (Phi) is 7.45. The van der Waals surface area contributed by atoms with Gasteiger partial charge in [-0.05, 0) is 71.6 Å². The van der Waals surface area contributed by atoms with E-state index in [9.17, 15) is 4.79 Å². The van der Waals surface area contributed by atoms with Crippen molar-refractivity contribution in [2.24, 2.45) is 0 Å². The molecule has 0 saturated heterocycles. The number of nitrogens with one attached hydrogen (secondary N) is 1. The maximum atomic E-state index is 11.8. The minimum atomic E-state index is -0.216. The number of nitrogens with zero attached hydrogens (tertiary/aromatic N) is 1. The van der Waals surface area contributed by atoms with E-state index in [-0.39, 0.29) is 11.2 Å². The van der Waals surface area contributed by atoms with Crippen LogP contribution in [0.2, 0.25) is 0 Å². The fraction of sp³-hybridized carbons (Fsp3) is 0.0455. The summed E-state index contributed by atoms with van der Waals surface area (Å²) in [6.07, 6.45) is 0. The summed E-state index contributed by atoms with van der Waals surface area (Å²) in [7, 11) is 0. The molecule has 0 aliphatic rings. The number of nitrogen functional groups attached to an aromatic ring is 2. The first-order valence-electron chi connectivity index (χ1n) is 9.12. The summed E-state index contributed by atoms with van der Waals surface area (Å²) >= 11 is 6.51. The number of thiol groups is 1. The van der Waals surface area contributed by atoms with Gasteiger partial charge in [0, 0.05) is 32.4 Å². The fourth-order valence-corrected chi connectivity index (χ4v) is 4.23. The lowest BCUT2D eigenvalue weighted by Gasteiger charge is -2.05. The van der Waals surface area contributed by atoms with E-state index in [4.69, 9.17) is 16.0 Å². The van der Waals surface area contributed by atoms with Gasteiger partial charge < -0.3 is 16.0 Å². The molecule has 0 saturated carbocycles. The number of aromatic amines is 1. The van der Waals surface area contributed by atoms with Gasteiger partial charge in [-0.25, -0.2) is 4.68 Å². The molecule has 0 radical (unpaired) electrons. The van der Waals surface area contributed by atoms with E-state index >= 15 is 0 Å². The lowest BCUT2D eigenvalue weighted by atomic mass is 10.1. The normalized spacial score (nSPS) is 10.5. The number of aryl methyl sites for hydroxylation is 1. The second-order valence-electron chi connectivity index (χ2n) is 6.59. The summed E-state index contributed by atoms with van der Waals surface area (Å²) in [5.74, 6) is 0. The predicted molar refractivity (Wildman–Crippen MR) is 136 cm³/mol. The van der Waals surface area contributed by atoms with E-state index in [2.05, 4.69) is 24.3 Å². The maximum Gasteiger partial charge on any atom is 0.294 e. The molecule has 31 heavy (non-hydrogen) atoms. The van der Waals surface area contributed by atoms with Crippen molar-refractivity contribution in [2.45, 2.75) is 21.6 Å². The molecule has 6 nitrogen and oxygen atoms in total. The standard InChI is InChI=1S/C12H13N3OS.C10H9NOS2/c1-3-17-10-6-4-9(5-7-10)15-12(16)11(13)8(2)14-15;11-7-1-2-9-6(3-7)4-8(13)5-10(9)14-12/h3-7,14H,1,13H2,2H3;1-5,12-13H,11H2. The Bertz CT molecular complexity index is 1280. The van der Waals surface area contributed by atoms with Gasteiger partial charge in [0.15, 0.2) is 0 Å². The first-order valence-corrected chi connectivity index (χ1v) is 11.2. The Morgan fingerprint density at radius 3 is 2.42 bits per heavy atom. The molecule has 4 rings (SSSR count). The van der Waals surface area contributed by atoms with Gasteiger partial charge in [-0.2, -0.15) is 0 Å². The van der Waals surface area contributed by atoms with Gasteiger partial charge in [-0.15, -0.1) is 12.6 Å².